The molecule has 0 bridgehead atoms. The topological polar surface area (TPSA) is 49.3 Å². The highest BCUT2D eigenvalue weighted by atomic mass is 19.1. The van der Waals surface area contributed by atoms with Crippen molar-refractivity contribution in [2.24, 2.45) is 11.8 Å². The van der Waals surface area contributed by atoms with Gasteiger partial charge in [0.25, 0.3) is 0 Å². The van der Waals surface area contributed by atoms with Crippen LogP contribution in [-0.2, 0) is 6.54 Å². The molecule has 1 aromatic carbocycles. The number of hydrogen-bond donors (Lipinski definition) is 2. The lowest BCUT2D eigenvalue weighted by Crippen LogP contribution is -2.36. The Balaban J connectivity index is 1.97. The predicted molar refractivity (Wildman–Crippen MR) is 76.2 cm³/mol. The summed E-state index contributed by atoms with van der Waals surface area (Å²) in [4.78, 5) is 10.9. The van der Waals surface area contributed by atoms with Crippen molar-refractivity contribution in [3.8, 4) is 0 Å². The van der Waals surface area contributed by atoms with Gasteiger partial charge in [0.05, 0.1) is 5.56 Å². The fourth-order valence-corrected chi connectivity index (χ4v) is 2.83. The number of aromatic carboxylic acids is 1. The molecular weight excluding hydrogens is 257 g/mol. The average molecular weight is 279 g/mol. The van der Waals surface area contributed by atoms with Crippen molar-refractivity contribution >= 4 is 5.97 Å². The Morgan fingerprint density at radius 2 is 2.10 bits per heavy atom. The number of halogens is 1. The Labute approximate surface area is 119 Å². The van der Waals surface area contributed by atoms with Gasteiger partial charge < -0.3 is 10.4 Å². The molecule has 0 aromatic heterocycles. The molecule has 1 fully saturated rings. The molecule has 3 atom stereocenters. The van der Waals surface area contributed by atoms with Crippen LogP contribution in [0, 0.1) is 17.7 Å². The molecule has 1 aromatic rings. The van der Waals surface area contributed by atoms with Crippen molar-refractivity contribution in [1.29, 1.82) is 0 Å². The van der Waals surface area contributed by atoms with E-state index in [0.29, 0.717) is 24.1 Å². The number of hydrogen-bond acceptors (Lipinski definition) is 2. The highest BCUT2D eigenvalue weighted by Crippen LogP contribution is 2.29. The maximum Gasteiger partial charge on any atom is 0.335 e. The SMILES string of the molecule is CC1CCC(NCc2cc(C(=O)O)ccc2F)CC1C. The van der Waals surface area contributed by atoms with E-state index in [0.717, 1.165) is 18.8 Å². The molecule has 3 unspecified atom stereocenters. The lowest BCUT2D eigenvalue weighted by atomic mass is 9.79. The van der Waals surface area contributed by atoms with Gasteiger partial charge in [0.1, 0.15) is 5.82 Å². The van der Waals surface area contributed by atoms with E-state index in [2.05, 4.69) is 19.2 Å². The summed E-state index contributed by atoms with van der Waals surface area (Å²) in [5.41, 5.74) is 0.560. The maximum absolute atomic E-state index is 13.7. The third-order valence-corrected chi connectivity index (χ3v) is 4.47. The Bertz CT molecular complexity index is 489. The molecule has 0 aliphatic heterocycles. The zero-order valence-corrected chi connectivity index (χ0v) is 12.0. The summed E-state index contributed by atoms with van der Waals surface area (Å²) in [6.45, 7) is 4.92. The molecule has 0 saturated heterocycles. The number of rotatable bonds is 4. The van der Waals surface area contributed by atoms with E-state index in [1.165, 1.54) is 24.6 Å². The first-order valence-corrected chi connectivity index (χ1v) is 7.22. The van der Waals surface area contributed by atoms with E-state index >= 15 is 0 Å². The molecule has 110 valence electrons. The quantitative estimate of drug-likeness (QED) is 0.887. The van der Waals surface area contributed by atoms with Crippen molar-refractivity contribution < 1.29 is 14.3 Å². The Morgan fingerprint density at radius 1 is 1.35 bits per heavy atom. The molecule has 4 heteroatoms. The van der Waals surface area contributed by atoms with E-state index in [1.54, 1.807) is 0 Å². The van der Waals surface area contributed by atoms with Crippen molar-refractivity contribution in [3.63, 3.8) is 0 Å². The van der Waals surface area contributed by atoms with Crippen LogP contribution in [0.2, 0.25) is 0 Å². The van der Waals surface area contributed by atoms with Crippen LogP contribution >= 0.6 is 0 Å². The van der Waals surface area contributed by atoms with Crippen LogP contribution in [0.3, 0.4) is 0 Å². The van der Waals surface area contributed by atoms with Gasteiger partial charge in [-0.3, -0.25) is 0 Å². The van der Waals surface area contributed by atoms with E-state index in [1.807, 2.05) is 0 Å². The molecule has 2 rings (SSSR count). The number of carboxylic acids is 1. The molecule has 0 amide bonds. The zero-order valence-electron chi connectivity index (χ0n) is 12.0. The minimum Gasteiger partial charge on any atom is -0.478 e. The summed E-state index contributed by atoms with van der Waals surface area (Å²) in [6, 6.07) is 4.34. The van der Waals surface area contributed by atoms with Gasteiger partial charge in [0.2, 0.25) is 0 Å². The summed E-state index contributed by atoms with van der Waals surface area (Å²) in [6.07, 6.45) is 3.39. The molecule has 1 aliphatic carbocycles. The van der Waals surface area contributed by atoms with Crippen molar-refractivity contribution in [1.82, 2.24) is 5.32 Å². The van der Waals surface area contributed by atoms with E-state index in [-0.39, 0.29) is 11.4 Å². The fourth-order valence-electron chi connectivity index (χ4n) is 2.83. The lowest BCUT2D eigenvalue weighted by Gasteiger charge is -2.32. The summed E-state index contributed by atoms with van der Waals surface area (Å²) < 4.78 is 13.7. The Hall–Kier alpha value is -1.42. The van der Waals surface area contributed by atoms with E-state index in [4.69, 9.17) is 5.11 Å². The van der Waals surface area contributed by atoms with Crippen LogP contribution in [0.25, 0.3) is 0 Å². The first kappa shape index (κ1) is 15.0. The van der Waals surface area contributed by atoms with Crippen LogP contribution in [0.15, 0.2) is 18.2 Å². The second-order valence-electron chi connectivity index (χ2n) is 5.96. The van der Waals surface area contributed by atoms with Crippen LogP contribution in [0.1, 0.15) is 49.0 Å². The fraction of sp³-hybridized carbons (Fsp3) is 0.562. The Kier molecular flexibility index (Phi) is 4.76. The highest BCUT2D eigenvalue weighted by molar-refractivity contribution is 5.87. The standard InChI is InChI=1S/C16H22FNO2/c1-10-3-5-14(7-11(10)2)18-9-13-8-12(16(19)20)4-6-15(13)17/h4,6,8,10-11,14,18H,3,5,7,9H2,1-2H3,(H,19,20). The molecule has 0 heterocycles. The largest absolute Gasteiger partial charge is 0.478 e. The van der Waals surface area contributed by atoms with Crippen LogP contribution in [-0.4, -0.2) is 17.1 Å². The first-order chi connectivity index (χ1) is 9.47. The van der Waals surface area contributed by atoms with Crippen LogP contribution < -0.4 is 5.32 Å². The summed E-state index contributed by atoms with van der Waals surface area (Å²) in [5, 5.41) is 12.3. The van der Waals surface area contributed by atoms with E-state index in [9.17, 15) is 9.18 Å². The van der Waals surface area contributed by atoms with Gasteiger partial charge in [0.15, 0.2) is 0 Å². The van der Waals surface area contributed by atoms with E-state index < -0.39 is 5.97 Å². The Morgan fingerprint density at radius 3 is 2.75 bits per heavy atom. The van der Waals surface area contributed by atoms with Gasteiger partial charge >= 0.3 is 5.97 Å². The summed E-state index contributed by atoms with van der Waals surface area (Å²) >= 11 is 0. The second kappa shape index (κ2) is 6.35. The average Bonchev–Trinajstić information content (AvgIpc) is 2.41. The van der Waals surface area contributed by atoms with Crippen molar-refractivity contribution in [3.05, 3.63) is 35.1 Å². The monoisotopic (exact) mass is 279 g/mol. The molecular formula is C16H22FNO2. The number of carboxylic acid groups (broad SMARTS) is 1. The number of benzene rings is 1. The maximum atomic E-state index is 13.7. The van der Waals surface area contributed by atoms with Gasteiger partial charge in [-0.1, -0.05) is 13.8 Å². The normalized spacial score (nSPS) is 26.4. The molecule has 0 radical (unpaired) electrons. The predicted octanol–water partition coefficient (Wildman–Crippen LogP) is 3.44. The van der Waals surface area contributed by atoms with Crippen molar-refractivity contribution in [2.45, 2.75) is 45.7 Å². The van der Waals surface area contributed by atoms with Gasteiger partial charge in [-0.05, 0) is 49.3 Å². The highest BCUT2D eigenvalue weighted by Gasteiger charge is 2.24. The minimum absolute atomic E-state index is 0.133. The third kappa shape index (κ3) is 3.57. The molecule has 3 nitrogen and oxygen atoms in total. The molecule has 2 N–H and O–H groups in total. The van der Waals surface area contributed by atoms with Crippen molar-refractivity contribution in [2.75, 3.05) is 0 Å². The first-order valence-electron chi connectivity index (χ1n) is 7.22. The molecule has 20 heavy (non-hydrogen) atoms. The smallest absolute Gasteiger partial charge is 0.335 e. The minimum atomic E-state index is -1.02. The second-order valence-corrected chi connectivity index (χ2v) is 5.96. The molecule has 1 saturated carbocycles. The lowest BCUT2D eigenvalue weighted by molar-refractivity contribution is 0.0696. The number of nitrogens with one attached hydrogen (secondary N) is 1. The third-order valence-electron chi connectivity index (χ3n) is 4.47. The number of carbonyl (C=O) groups is 1. The molecule has 0 spiro atoms. The molecule has 1 aliphatic rings. The zero-order chi connectivity index (χ0) is 14.7. The van der Waals surface area contributed by atoms with Crippen LogP contribution in [0.5, 0.6) is 0 Å². The van der Waals surface area contributed by atoms with Gasteiger partial charge in [-0.2, -0.15) is 0 Å². The van der Waals surface area contributed by atoms with Gasteiger partial charge in [-0.25, -0.2) is 9.18 Å². The van der Waals surface area contributed by atoms with Gasteiger partial charge in [-0.15, -0.1) is 0 Å². The summed E-state index contributed by atoms with van der Waals surface area (Å²) in [5.74, 6) is 0.0580. The van der Waals surface area contributed by atoms with Gasteiger partial charge in [0, 0.05) is 18.2 Å². The summed E-state index contributed by atoms with van der Waals surface area (Å²) in [7, 11) is 0. The van der Waals surface area contributed by atoms with Crippen LogP contribution in [0.4, 0.5) is 4.39 Å².